The first kappa shape index (κ1) is 10.4. The minimum atomic E-state index is -0.446. The predicted molar refractivity (Wildman–Crippen MR) is 63.6 cm³/mol. The van der Waals surface area contributed by atoms with E-state index in [2.05, 4.69) is 4.57 Å². The van der Waals surface area contributed by atoms with Crippen molar-refractivity contribution >= 4 is 17.0 Å². The van der Waals surface area contributed by atoms with Gasteiger partial charge in [-0.25, -0.2) is 0 Å². The number of hydrogen-bond acceptors (Lipinski definition) is 2. The molecule has 0 aliphatic carbocycles. The van der Waals surface area contributed by atoms with E-state index in [4.69, 9.17) is 0 Å². The predicted octanol–water partition coefficient (Wildman–Crippen LogP) is 2.91. The summed E-state index contributed by atoms with van der Waals surface area (Å²) in [7, 11) is 0. The molecule has 0 fully saturated rings. The number of para-hydroxylation sites is 1. The highest BCUT2D eigenvalue weighted by molar-refractivity contribution is 5.89. The first-order valence-electron chi connectivity index (χ1n) is 5.12. The second-order valence-corrected chi connectivity index (χ2v) is 3.49. The molecule has 0 saturated heterocycles. The molecule has 1 aromatic heterocycles. The van der Waals surface area contributed by atoms with Crippen molar-refractivity contribution < 1.29 is 4.92 Å². The largest absolute Gasteiger partial charge is 0.347 e. The van der Waals surface area contributed by atoms with E-state index in [1.165, 1.54) is 6.08 Å². The lowest BCUT2D eigenvalue weighted by molar-refractivity contribution is -0.400. The Bertz CT molecular complexity index is 555. The van der Waals surface area contributed by atoms with Crippen molar-refractivity contribution in [2.75, 3.05) is 0 Å². The molecule has 0 N–H and O–H groups in total. The smallest absolute Gasteiger partial charge is 0.235 e. The first-order chi connectivity index (χ1) is 7.72. The van der Waals surface area contributed by atoms with Crippen molar-refractivity contribution in [3.05, 3.63) is 52.3 Å². The fraction of sp³-hybridized carbons (Fsp3) is 0.167. The minimum Gasteiger partial charge on any atom is -0.347 e. The lowest BCUT2D eigenvalue weighted by Gasteiger charge is -1.97. The van der Waals surface area contributed by atoms with E-state index in [-0.39, 0.29) is 0 Å². The van der Waals surface area contributed by atoms with Gasteiger partial charge in [-0.15, -0.1) is 0 Å². The molecular formula is C12H12N2O2. The van der Waals surface area contributed by atoms with E-state index in [1.807, 2.05) is 37.4 Å². The Hall–Kier alpha value is -2.10. The van der Waals surface area contributed by atoms with Gasteiger partial charge in [0.2, 0.25) is 6.20 Å². The number of nitrogens with zero attached hydrogens (tertiary/aromatic N) is 2. The highest BCUT2D eigenvalue weighted by atomic mass is 16.6. The number of rotatable bonds is 3. The van der Waals surface area contributed by atoms with Crippen LogP contribution in [0.5, 0.6) is 0 Å². The van der Waals surface area contributed by atoms with Gasteiger partial charge in [-0.2, -0.15) is 0 Å². The molecule has 0 bridgehead atoms. The van der Waals surface area contributed by atoms with Crippen LogP contribution in [0.2, 0.25) is 0 Å². The summed E-state index contributed by atoms with van der Waals surface area (Å²) in [5, 5.41) is 11.3. The zero-order valence-corrected chi connectivity index (χ0v) is 8.96. The van der Waals surface area contributed by atoms with Gasteiger partial charge in [0.1, 0.15) is 0 Å². The summed E-state index contributed by atoms with van der Waals surface area (Å²) in [6.07, 6.45) is 4.45. The van der Waals surface area contributed by atoms with Crippen molar-refractivity contribution in [3.63, 3.8) is 0 Å². The number of fused-ring (bicyclic) bond motifs is 1. The van der Waals surface area contributed by atoms with Crippen LogP contribution in [0.3, 0.4) is 0 Å². The van der Waals surface area contributed by atoms with Gasteiger partial charge < -0.3 is 4.57 Å². The minimum absolute atomic E-state index is 0.446. The van der Waals surface area contributed by atoms with Gasteiger partial charge in [-0.1, -0.05) is 18.2 Å². The number of benzene rings is 1. The Morgan fingerprint density at radius 2 is 2.19 bits per heavy atom. The third kappa shape index (κ3) is 1.82. The van der Waals surface area contributed by atoms with Crippen LogP contribution < -0.4 is 0 Å². The number of hydrogen-bond donors (Lipinski definition) is 0. The number of aryl methyl sites for hydroxylation is 1. The SMILES string of the molecule is CCn1cc(/C=C/[N+](=O)[O-])c2ccccc21. The van der Waals surface area contributed by atoms with Crippen molar-refractivity contribution in [1.29, 1.82) is 0 Å². The van der Waals surface area contributed by atoms with Crippen molar-refractivity contribution in [2.45, 2.75) is 13.5 Å². The van der Waals surface area contributed by atoms with Crippen LogP contribution in [0.1, 0.15) is 12.5 Å². The molecule has 0 radical (unpaired) electrons. The van der Waals surface area contributed by atoms with Crippen molar-refractivity contribution in [3.8, 4) is 0 Å². The Labute approximate surface area is 93.0 Å². The van der Waals surface area contributed by atoms with Gasteiger partial charge in [0.25, 0.3) is 0 Å². The van der Waals surface area contributed by atoms with E-state index in [9.17, 15) is 10.1 Å². The average Bonchev–Trinajstić information content (AvgIpc) is 2.65. The molecule has 4 nitrogen and oxygen atoms in total. The molecule has 0 amide bonds. The third-order valence-electron chi connectivity index (χ3n) is 2.54. The fourth-order valence-corrected chi connectivity index (χ4v) is 1.81. The standard InChI is InChI=1S/C12H12N2O2/c1-2-13-9-10(7-8-14(15)16)11-5-3-4-6-12(11)13/h3-9H,2H2,1H3/b8-7+. The van der Waals surface area contributed by atoms with E-state index < -0.39 is 4.92 Å². The average molecular weight is 216 g/mol. The monoisotopic (exact) mass is 216 g/mol. The molecule has 0 aliphatic heterocycles. The lowest BCUT2D eigenvalue weighted by atomic mass is 10.2. The van der Waals surface area contributed by atoms with Crippen LogP contribution in [0.25, 0.3) is 17.0 Å². The van der Waals surface area contributed by atoms with Gasteiger partial charge in [0.05, 0.1) is 4.92 Å². The van der Waals surface area contributed by atoms with E-state index in [1.54, 1.807) is 0 Å². The summed E-state index contributed by atoms with van der Waals surface area (Å²) < 4.78 is 2.08. The Balaban J connectivity index is 2.57. The highest BCUT2D eigenvalue weighted by Gasteiger charge is 2.04. The van der Waals surface area contributed by atoms with Gasteiger partial charge in [-0.3, -0.25) is 10.1 Å². The quantitative estimate of drug-likeness (QED) is 0.585. The van der Waals surface area contributed by atoms with Crippen LogP contribution in [0, 0.1) is 10.1 Å². The maximum Gasteiger partial charge on any atom is 0.235 e. The lowest BCUT2D eigenvalue weighted by Crippen LogP contribution is -1.89. The molecule has 4 heteroatoms. The summed E-state index contributed by atoms with van der Waals surface area (Å²) in [6, 6.07) is 7.89. The summed E-state index contributed by atoms with van der Waals surface area (Å²) in [5.74, 6) is 0. The Morgan fingerprint density at radius 1 is 1.44 bits per heavy atom. The van der Waals surface area contributed by atoms with Crippen molar-refractivity contribution in [1.82, 2.24) is 4.57 Å². The zero-order chi connectivity index (χ0) is 11.5. The summed E-state index contributed by atoms with van der Waals surface area (Å²) in [5.41, 5.74) is 1.99. The van der Waals surface area contributed by atoms with Crippen LogP contribution >= 0.6 is 0 Å². The maximum absolute atomic E-state index is 10.3. The molecule has 1 aromatic carbocycles. The molecular weight excluding hydrogens is 204 g/mol. The van der Waals surface area contributed by atoms with Gasteiger partial charge >= 0.3 is 0 Å². The maximum atomic E-state index is 10.3. The highest BCUT2D eigenvalue weighted by Crippen LogP contribution is 2.22. The second-order valence-electron chi connectivity index (χ2n) is 3.49. The van der Waals surface area contributed by atoms with Crippen LogP contribution in [0.15, 0.2) is 36.7 Å². The molecule has 82 valence electrons. The topological polar surface area (TPSA) is 48.1 Å². The third-order valence-corrected chi connectivity index (χ3v) is 2.54. The molecule has 0 spiro atoms. The van der Waals surface area contributed by atoms with Gasteiger partial charge in [0, 0.05) is 35.3 Å². The summed E-state index contributed by atoms with van der Waals surface area (Å²) >= 11 is 0. The second kappa shape index (κ2) is 4.18. The summed E-state index contributed by atoms with van der Waals surface area (Å²) in [6.45, 7) is 2.90. The molecule has 2 aromatic rings. The van der Waals surface area contributed by atoms with E-state index >= 15 is 0 Å². The molecule has 0 unspecified atom stereocenters. The zero-order valence-electron chi connectivity index (χ0n) is 8.96. The first-order valence-corrected chi connectivity index (χ1v) is 5.12. The molecule has 1 heterocycles. The van der Waals surface area contributed by atoms with E-state index in [0.29, 0.717) is 0 Å². The molecule has 16 heavy (non-hydrogen) atoms. The Morgan fingerprint density at radius 3 is 2.88 bits per heavy atom. The van der Waals surface area contributed by atoms with E-state index in [0.717, 1.165) is 29.2 Å². The van der Waals surface area contributed by atoms with Crippen LogP contribution in [-0.4, -0.2) is 9.49 Å². The Kier molecular flexibility index (Phi) is 2.72. The van der Waals surface area contributed by atoms with Gasteiger partial charge in [-0.05, 0) is 13.0 Å². The molecule has 2 rings (SSSR count). The fourth-order valence-electron chi connectivity index (χ4n) is 1.81. The van der Waals surface area contributed by atoms with Crippen LogP contribution in [0.4, 0.5) is 0 Å². The normalized spacial score (nSPS) is 11.3. The molecule has 0 saturated carbocycles. The van der Waals surface area contributed by atoms with Crippen LogP contribution in [-0.2, 0) is 6.54 Å². The molecule has 0 aliphatic rings. The number of aromatic nitrogens is 1. The van der Waals surface area contributed by atoms with Crippen molar-refractivity contribution in [2.24, 2.45) is 0 Å². The van der Waals surface area contributed by atoms with Gasteiger partial charge in [0.15, 0.2) is 0 Å². The molecule has 0 atom stereocenters. The summed E-state index contributed by atoms with van der Waals surface area (Å²) in [4.78, 5) is 9.85. The number of nitro groups is 1.